The fraction of sp³-hybridized carbons (Fsp3) is 0.429. The van der Waals surface area contributed by atoms with Gasteiger partial charge < -0.3 is 15.0 Å². The lowest BCUT2D eigenvalue weighted by atomic mass is 10.2. The molecule has 0 spiro atoms. The molecule has 1 aromatic heterocycles. The van der Waals surface area contributed by atoms with Gasteiger partial charge in [-0.05, 0) is 6.07 Å². The predicted molar refractivity (Wildman–Crippen MR) is 38.1 cm³/mol. The monoisotopic (exact) mass is 138 g/mol. The van der Waals surface area contributed by atoms with Crippen LogP contribution in [-0.2, 0) is 0 Å². The first-order chi connectivity index (χ1) is 4.95. The molecule has 1 aliphatic rings. The minimum absolute atomic E-state index is 0.385. The van der Waals surface area contributed by atoms with E-state index >= 15 is 0 Å². The van der Waals surface area contributed by atoms with Crippen molar-refractivity contribution < 1.29 is 4.74 Å². The summed E-state index contributed by atoms with van der Waals surface area (Å²) in [5, 5.41) is 3.14. The van der Waals surface area contributed by atoms with E-state index in [0.717, 1.165) is 18.8 Å². The van der Waals surface area contributed by atoms with Gasteiger partial charge in [-0.3, -0.25) is 0 Å². The van der Waals surface area contributed by atoms with Crippen LogP contribution in [0.5, 0.6) is 5.75 Å². The van der Waals surface area contributed by atoms with E-state index in [1.807, 2.05) is 18.5 Å². The number of rotatable bonds is 2. The average molecular weight is 138 g/mol. The Kier molecular flexibility index (Phi) is 1.36. The molecule has 3 heteroatoms. The Hall–Kier alpha value is -0.960. The van der Waals surface area contributed by atoms with Crippen molar-refractivity contribution in [3.8, 4) is 5.75 Å². The molecule has 0 aromatic carbocycles. The molecule has 1 aliphatic heterocycles. The molecule has 0 unspecified atom stereocenters. The highest BCUT2D eigenvalue weighted by Crippen LogP contribution is 2.11. The summed E-state index contributed by atoms with van der Waals surface area (Å²) in [5.74, 6) is 0.937. The van der Waals surface area contributed by atoms with Crippen LogP contribution in [0, 0.1) is 0 Å². The van der Waals surface area contributed by atoms with Gasteiger partial charge in [-0.15, -0.1) is 0 Å². The van der Waals surface area contributed by atoms with Crippen molar-refractivity contribution in [2.45, 2.75) is 6.10 Å². The van der Waals surface area contributed by atoms with Crippen LogP contribution < -0.4 is 10.1 Å². The summed E-state index contributed by atoms with van der Waals surface area (Å²) in [6.07, 6.45) is 4.11. The van der Waals surface area contributed by atoms with Crippen LogP contribution in [-0.4, -0.2) is 24.2 Å². The second kappa shape index (κ2) is 2.34. The first-order valence-electron chi connectivity index (χ1n) is 3.45. The summed E-state index contributed by atoms with van der Waals surface area (Å²) >= 11 is 0. The number of aromatic amines is 1. The first-order valence-corrected chi connectivity index (χ1v) is 3.45. The molecule has 0 bridgehead atoms. The number of hydrogen-bond donors (Lipinski definition) is 2. The van der Waals surface area contributed by atoms with Crippen molar-refractivity contribution in [3.63, 3.8) is 0 Å². The number of aromatic nitrogens is 1. The lowest BCUT2D eigenvalue weighted by molar-refractivity contribution is 0.142. The van der Waals surface area contributed by atoms with Crippen molar-refractivity contribution in [1.29, 1.82) is 0 Å². The van der Waals surface area contributed by atoms with Crippen LogP contribution in [0.25, 0.3) is 0 Å². The molecule has 0 saturated carbocycles. The fourth-order valence-corrected chi connectivity index (χ4v) is 0.920. The third-order valence-corrected chi connectivity index (χ3v) is 1.62. The Labute approximate surface area is 59.4 Å². The molecule has 0 aliphatic carbocycles. The van der Waals surface area contributed by atoms with Crippen LogP contribution >= 0.6 is 0 Å². The Bertz CT molecular complexity index is 191. The zero-order valence-electron chi connectivity index (χ0n) is 5.63. The molecular formula is C7H10N2O. The van der Waals surface area contributed by atoms with Crippen LogP contribution in [0.1, 0.15) is 0 Å². The molecule has 0 atom stereocenters. The van der Waals surface area contributed by atoms with Crippen molar-refractivity contribution >= 4 is 0 Å². The molecule has 54 valence electrons. The Morgan fingerprint density at radius 3 is 2.90 bits per heavy atom. The van der Waals surface area contributed by atoms with Gasteiger partial charge in [0.05, 0.1) is 0 Å². The molecule has 2 heterocycles. The minimum Gasteiger partial charge on any atom is -0.486 e. The third kappa shape index (κ3) is 0.998. The lowest BCUT2D eigenvalue weighted by Crippen LogP contribution is -2.50. The van der Waals surface area contributed by atoms with Crippen molar-refractivity contribution in [1.82, 2.24) is 10.3 Å². The molecule has 0 radical (unpaired) electrons. The average Bonchev–Trinajstić information content (AvgIpc) is 2.29. The van der Waals surface area contributed by atoms with Crippen molar-refractivity contribution in [2.24, 2.45) is 0 Å². The summed E-state index contributed by atoms with van der Waals surface area (Å²) in [5.41, 5.74) is 0. The minimum atomic E-state index is 0.385. The highest BCUT2D eigenvalue weighted by Gasteiger charge is 2.17. The van der Waals surface area contributed by atoms with E-state index < -0.39 is 0 Å². The smallest absolute Gasteiger partial charge is 0.137 e. The summed E-state index contributed by atoms with van der Waals surface area (Å²) < 4.78 is 5.50. The number of H-pyrrole nitrogens is 1. The van der Waals surface area contributed by atoms with Gasteiger partial charge in [0.2, 0.25) is 0 Å². The molecule has 2 rings (SSSR count). The Morgan fingerprint density at radius 1 is 1.50 bits per heavy atom. The number of hydrogen-bond acceptors (Lipinski definition) is 2. The van der Waals surface area contributed by atoms with E-state index in [1.165, 1.54) is 0 Å². The van der Waals surface area contributed by atoms with Crippen molar-refractivity contribution in [3.05, 3.63) is 18.5 Å². The van der Waals surface area contributed by atoms with Gasteiger partial charge in [-0.2, -0.15) is 0 Å². The topological polar surface area (TPSA) is 37.0 Å². The van der Waals surface area contributed by atoms with E-state index in [2.05, 4.69) is 10.3 Å². The third-order valence-electron chi connectivity index (χ3n) is 1.62. The maximum atomic E-state index is 5.50. The number of ether oxygens (including phenoxy) is 1. The standard InChI is InChI=1S/C7H10N2O/c1-2-8-3-6(1)10-7-4-9-5-7/h1-3,7-9H,4-5H2. The van der Waals surface area contributed by atoms with Crippen molar-refractivity contribution in [2.75, 3.05) is 13.1 Å². The Morgan fingerprint density at radius 2 is 2.40 bits per heavy atom. The maximum absolute atomic E-state index is 5.50. The van der Waals surface area contributed by atoms with E-state index in [0.29, 0.717) is 6.10 Å². The molecule has 10 heavy (non-hydrogen) atoms. The number of nitrogens with one attached hydrogen (secondary N) is 2. The molecule has 1 fully saturated rings. The van der Waals surface area contributed by atoms with Gasteiger partial charge in [0.15, 0.2) is 0 Å². The molecular weight excluding hydrogens is 128 g/mol. The van der Waals surface area contributed by atoms with Gasteiger partial charge in [-0.1, -0.05) is 0 Å². The molecule has 1 aromatic rings. The largest absolute Gasteiger partial charge is 0.486 e. The highest BCUT2D eigenvalue weighted by molar-refractivity contribution is 5.16. The van der Waals surface area contributed by atoms with Gasteiger partial charge >= 0.3 is 0 Å². The molecule has 2 N–H and O–H groups in total. The summed E-state index contributed by atoms with van der Waals surface area (Å²) in [4.78, 5) is 2.94. The van der Waals surface area contributed by atoms with Gasteiger partial charge in [-0.25, -0.2) is 0 Å². The second-order valence-corrected chi connectivity index (χ2v) is 2.44. The summed E-state index contributed by atoms with van der Waals surface area (Å²) in [7, 11) is 0. The maximum Gasteiger partial charge on any atom is 0.137 e. The zero-order valence-corrected chi connectivity index (χ0v) is 5.63. The summed E-state index contributed by atoms with van der Waals surface area (Å²) in [6.45, 7) is 1.95. The Balaban J connectivity index is 1.90. The van der Waals surface area contributed by atoms with Gasteiger partial charge in [0.1, 0.15) is 11.9 Å². The fourth-order valence-electron chi connectivity index (χ4n) is 0.920. The van der Waals surface area contributed by atoms with Crippen LogP contribution in [0.2, 0.25) is 0 Å². The molecule has 0 amide bonds. The lowest BCUT2D eigenvalue weighted by Gasteiger charge is -2.27. The van der Waals surface area contributed by atoms with E-state index in [9.17, 15) is 0 Å². The zero-order chi connectivity index (χ0) is 6.81. The highest BCUT2D eigenvalue weighted by atomic mass is 16.5. The van der Waals surface area contributed by atoms with Crippen LogP contribution in [0.15, 0.2) is 18.5 Å². The van der Waals surface area contributed by atoms with E-state index in [4.69, 9.17) is 4.74 Å². The van der Waals surface area contributed by atoms with E-state index in [1.54, 1.807) is 0 Å². The normalized spacial score (nSPS) is 18.4. The van der Waals surface area contributed by atoms with Gasteiger partial charge in [0, 0.05) is 25.5 Å². The molecule has 3 nitrogen and oxygen atoms in total. The molecule has 1 saturated heterocycles. The quantitative estimate of drug-likeness (QED) is 0.619. The SMILES string of the molecule is c1cc(OC2CNC2)c[nH]1. The predicted octanol–water partition coefficient (Wildman–Crippen LogP) is 0.365. The van der Waals surface area contributed by atoms with Crippen LogP contribution in [0.4, 0.5) is 0 Å². The first kappa shape index (κ1) is 5.80. The van der Waals surface area contributed by atoms with E-state index in [-0.39, 0.29) is 0 Å². The summed E-state index contributed by atoms with van der Waals surface area (Å²) in [6, 6.07) is 1.93. The van der Waals surface area contributed by atoms with Gasteiger partial charge in [0.25, 0.3) is 0 Å². The second-order valence-electron chi connectivity index (χ2n) is 2.44. The van der Waals surface area contributed by atoms with Crippen LogP contribution in [0.3, 0.4) is 0 Å².